The van der Waals surface area contributed by atoms with Gasteiger partial charge in [0.1, 0.15) is 0 Å². The van der Waals surface area contributed by atoms with E-state index in [2.05, 4.69) is 10.4 Å². The van der Waals surface area contributed by atoms with Gasteiger partial charge in [0.05, 0.1) is 12.1 Å². The first-order valence-electron chi connectivity index (χ1n) is 8.00. The Kier molecular flexibility index (Phi) is 6.01. The van der Waals surface area contributed by atoms with Gasteiger partial charge < -0.3 is 5.32 Å². The molecule has 1 N–H and O–H groups in total. The first-order chi connectivity index (χ1) is 12.6. The highest BCUT2D eigenvalue weighted by Crippen LogP contribution is 2.28. The Morgan fingerprint density at radius 3 is 2.54 bits per heavy atom. The molecule has 0 aliphatic carbocycles. The summed E-state index contributed by atoms with van der Waals surface area (Å²) >= 11 is 0.375. The molecular formula is C19H17F2N3OS. The Morgan fingerprint density at radius 2 is 1.81 bits per heavy atom. The average molecular weight is 373 g/mol. The number of carbonyl (C=O) groups excluding carboxylic acids is 1. The third kappa shape index (κ3) is 4.70. The van der Waals surface area contributed by atoms with Crippen LogP contribution in [-0.4, -0.2) is 21.4 Å². The second-order valence-electron chi connectivity index (χ2n) is 5.53. The van der Waals surface area contributed by atoms with Crippen molar-refractivity contribution < 1.29 is 13.6 Å². The lowest BCUT2D eigenvalue weighted by molar-refractivity contribution is 0.0948. The Bertz CT molecular complexity index is 869. The van der Waals surface area contributed by atoms with Gasteiger partial charge in [-0.15, -0.1) is 0 Å². The molecule has 3 aromatic rings. The van der Waals surface area contributed by atoms with Crippen LogP contribution in [0.2, 0.25) is 0 Å². The lowest BCUT2D eigenvalue weighted by Gasteiger charge is -2.12. The third-order valence-corrected chi connectivity index (χ3v) is 4.59. The van der Waals surface area contributed by atoms with Crippen molar-refractivity contribution in [3.05, 3.63) is 83.7 Å². The molecule has 26 heavy (non-hydrogen) atoms. The molecule has 0 aliphatic rings. The molecule has 134 valence electrons. The van der Waals surface area contributed by atoms with E-state index in [0.29, 0.717) is 24.9 Å². The monoisotopic (exact) mass is 373 g/mol. The van der Waals surface area contributed by atoms with E-state index in [4.69, 9.17) is 0 Å². The molecular weight excluding hydrogens is 356 g/mol. The van der Waals surface area contributed by atoms with Crippen molar-refractivity contribution in [3.63, 3.8) is 0 Å². The minimum atomic E-state index is -2.57. The number of hydrogen-bond acceptors (Lipinski definition) is 3. The number of aromatic nitrogens is 2. The zero-order valence-electron chi connectivity index (χ0n) is 13.8. The number of benzene rings is 2. The van der Waals surface area contributed by atoms with Crippen LogP contribution in [0.1, 0.15) is 21.5 Å². The van der Waals surface area contributed by atoms with Gasteiger partial charge in [0.15, 0.2) is 0 Å². The highest BCUT2D eigenvalue weighted by molar-refractivity contribution is 7.99. The Balaban J connectivity index is 1.71. The predicted molar refractivity (Wildman–Crippen MR) is 97.2 cm³/mol. The lowest BCUT2D eigenvalue weighted by Crippen LogP contribution is -2.24. The van der Waals surface area contributed by atoms with E-state index in [9.17, 15) is 13.6 Å². The number of thioether (sulfide) groups is 1. The molecule has 0 fully saturated rings. The van der Waals surface area contributed by atoms with Gasteiger partial charge in [0.2, 0.25) is 0 Å². The molecule has 1 aromatic heterocycles. The van der Waals surface area contributed by atoms with E-state index in [1.165, 1.54) is 6.07 Å². The van der Waals surface area contributed by atoms with Crippen LogP contribution in [0.3, 0.4) is 0 Å². The van der Waals surface area contributed by atoms with Gasteiger partial charge in [-0.25, -0.2) is 0 Å². The number of nitrogens with zero attached hydrogens (tertiary/aromatic N) is 2. The van der Waals surface area contributed by atoms with Crippen molar-refractivity contribution in [1.82, 2.24) is 15.1 Å². The zero-order valence-corrected chi connectivity index (χ0v) is 14.6. The molecule has 3 rings (SSSR count). The van der Waals surface area contributed by atoms with E-state index >= 15 is 0 Å². The molecule has 0 saturated heterocycles. The van der Waals surface area contributed by atoms with Crippen molar-refractivity contribution in [3.8, 4) is 0 Å². The molecule has 1 heterocycles. The van der Waals surface area contributed by atoms with Crippen LogP contribution in [0.15, 0.2) is 71.9 Å². The SMILES string of the molecule is O=C(NCc1ccccc1Cn1cccn1)c1ccccc1SC(F)F. The predicted octanol–water partition coefficient (Wildman–Crippen LogP) is 4.18. The Hall–Kier alpha value is -2.67. The fraction of sp³-hybridized carbons (Fsp3) is 0.158. The van der Waals surface area contributed by atoms with E-state index in [0.717, 1.165) is 11.1 Å². The summed E-state index contributed by atoms with van der Waals surface area (Å²) in [4.78, 5) is 12.7. The molecule has 0 saturated carbocycles. The highest BCUT2D eigenvalue weighted by Gasteiger charge is 2.15. The molecule has 0 atom stereocenters. The summed E-state index contributed by atoms with van der Waals surface area (Å²) in [7, 11) is 0. The van der Waals surface area contributed by atoms with Crippen LogP contribution in [0.4, 0.5) is 8.78 Å². The van der Waals surface area contributed by atoms with Crippen molar-refractivity contribution in [1.29, 1.82) is 0 Å². The quantitative estimate of drug-likeness (QED) is 0.632. The molecule has 2 aromatic carbocycles. The summed E-state index contributed by atoms with van der Waals surface area (Å²) < 4.78 is 27.1. The van der Waals surface area contributed by atoms with Gasteiger partial charge in [-0.2, -0.15) is 13.9 Å². The molecule has 7 heteroatoms. The van der Waals surface area contributed by atoms with Crippen molar-refractivity contribution in [2.45, 2.75) is 23.7 Å². The molecule has 0 unspecified atom stereocenters. The number of rotatable bonds is 7. The van der Waals surface area contributed by atoms with Gasteiger partial charge in [0.25, 0.3) is 11.7 Å². The summed E-state index contributed by atoms with van der Waals surface area (Å²) in [5.41, 5.74) is 2.24. The van der Waals surface area contributed by atoms with Crippen molar-refractivity contribution in [2.75, 3.05) is 0 Å². The maximum atomic E-state index is 12.7. The standard InChI is InChI=1S/C19H17F2N3OS/c20-19(21)26-17-9-4-3-8-16(17)18(25)22-12-14-6-1-2-7-15(14)13-24-11-5-10-23-24/h1-11,19H,12-13H2,(H,22,25). The number of amides is 1. The topological polar surface area (TPSA) is 46.9 Å². The summed E-state index contributed by atoms with van der Waals surface area (Å²) in [6, 6.07) is 16.0. The number of hydrogen-bond donors (Lipinski definition) is 1. The molecule has 4 nitrogen and oxygen atoms in total. The highest BCUT2D eigenvalue weighted by atomic mass is 32.2. The summed E-state index contributed by atoms with van der Waals surface area (Å²) in [5.74, 6) is -2.94. The van der Waals surface area contributed by atoms with Gasteiger partial charge in [-0.05, 0) is 29.3 Å². The molecule has 0 aliphatic heterocycles. The number of nitrogens with one attached hydrogen (secondary N) is 1. The lowest BCUT2D eigenvalue weighted by atomic mass is 10.1. The minimum Gasteiger partial charge on any atom is -0.348 e. The maximum absolute atomic E-state index is 12.7. The second-order valence-corrected chi connectivity index (χ2v) is 6.56. The van der Waals surface area contributed by atoms with Gasteiger partial charge in [-0.1, -0.05) is 48.2 Å². The van der Waals surface area contributed by atoms with Crippen LogP contribution in [0.5, 0.6) is 0 Å². The van der Waals surface area contributed by atoms with Gasteiger partial charge >= 0.3 is 0 Å². The second kappa shape index (κ2) is 8.62. The van der Waals surface area contributed by atoms with Gasteiger partial charge in [-0.3, -0.25) is 9.48 Å². The fourth-order valence-electron chi connectivity index (χ4n) is 2.58. The van der Waals surface area contributed by atoms with E-state index in [-0.39, 0.29) is 16.4 Å². The first-order valence-corrected chi connectivity index (χ1v) is 8.87. The van der Waals surface area contributed by atoms with Gasteiger partial charge in [0, 0.05) is 23.8 Å². The van der Waals surface area contributed by atoms with Crippen molar-refractivity contribution in [2.24, 2.45) is 0 Å². The summed E-state index contributed by atoms with van der Waals surface area (Å²) in [6.07, 6.45) is 3.58. The smallest absolute Gasteiger partial charge is 0.288 e. The maximum Gasteiger partial charge on any atom is 0.288 e. The molecule has 0 spiro atoms. The molecule has 1 amide bonds. The zero-order chi connectivity index (χ0) is 18.4. The third-order valence-electron chi connectivity index (χ3n) is 3.80. The summed E-state index contributed by atoms with van der Waals surface area (Å²) in [6.45, 7) is 0.904. The van der Waals surface area contributed by atoms with Crippen LogP contribution in [0.25, 0.3) is 0 Å². The average Bonchev–Trinajstić information content (AvgIpc) is 3.14. The van der Waals surface area contributed by atoms with E-state index < -0.39 is 5.76 Å². The van der Waals surface area contributed by atoms with E-state index in [1.807, 2.05) is 36.5 Å². The number of halogens is 2. The largest absolute Gasteiger partial charge is 0.348 e. The molecule has 0 radical (unpaired) electrons. The van der Waals surface area contributed by atoms with E-state index in [1.54, 1.807) is 29.1 Å². The van der Waals surface area contributed by atoms with Crippen LogP contribution in [0, 0.1) is 0 Å². The minimum absolute atomic E-state index is 0.252. The normalized spacial score (nSPS) is 10.9. The van der Waals surface area contributed by atoms with Crippen LogP contribution < -0.4 is 5.32 Å². The first kappa shape index (κ1) is 18.1. The Morgan fingerprint density at radius 1 is 1.08 bits per heavy atom. The van der Waals surface area contributed by atoms with Crippen LogP contribution >= 0.6 is 11.8 Å². The fourth-order valence-corrected chi connectivity index (χ4v) is 3.21. The summed E-state index contributed by atoms with van der Waals surface area (Å²) in [5, 5.41) is 7.01. The number of alkyl halides is 2. The van der Waals surface area contributed by atoms with Crippen molar-refractivity contribution >= 4 is 17.7 Å². The molecule has 0 bridgehead atoms. The Labute approximate surface area is 154 Å². The van der Waals surface area contributed by atoms with Crippen LogP contribution in [-0.2, 0) is 13.1 Å². The number of carbonyl (C=O) groups is 1.